The maximum Gasteiger partial charge on any atom is -0.0261 e. The van der Waals surface area contributed by atoms with Gasteiger partial charge >= 0.3 is 0 Å². The van der Waals surface area contributed by atoms with Gasteiger partial charge in [0.15, 0.2) is 0 Å². The molecule has 0 radical (unpaired) electrons. The van der Waals surface area contributed by atoms with Gasteiger partial charge in [0.05, 0.1) is 0 Å². The quantitative estimate of drug-likeness (QED) is 0.429. The summed E-state index contributed by atoms with van der Waals surface area (Å²) in [6, 6.07) is 0. The maximum absolute atomic E-state index is 1.62. The summed E-state index contributed by atoms with van der Waals surface area (Å²) in [6.45, 7) is 0. The summed E-state index contributed by atoms with van der Waals surface area (Å²) < 4.78 is 0. The van der Waals surface area contributed by atoms with Gasteiger partial charge < -0.3 is 0 Å². The van der Waals surface area contributed by atoms with Crippen LogP contribution in [0.3, 0.4) is 0 Å². The summed E-state index contributed by atoms with van der Waals surface area (Å²) in [6.07, 6.45) is 6.43. The van der Waals surface area contributed by atoms with Gasteiger partial charge in [-0.2, -0.15) is 0 Å². The van der Waals surface area contributed by atoms with Crippen LogP contribution in [0.4, 0.5) is 0 Å². The molecule has 0 aromatic heterocycles. The molecule has 4 rings (SSSR count). The van der Waals surface area contributed by atoms with Gasteiger partial charge in [0, 0.05) is 0 Å². The van der Waals surface area contributed by atoms with Gasteiger partial charge in [-0.3, -0.25) is 0 Å². The van der Waals surface area contributed by atoms with E-state index in [4.69, 9.17) is 0 Å². The zero-order valence-corrected chi connectivity index (χ0v) is 4.48. The van der Waals surface area contributed by atoms with E-state index < -0.39 is 0 Å². The molecule has 1 spiro atoms. The maximum atomic E-state index is 1.62. The normalized spacial score (nSPS) is 72.0. The molecule has 0 heterocycles. The van der Waals surface area contributed by atoms with Gasteiger partial charge in [0.2, 0.25) is 0 Å². The molecule has 2 unspecified atom stereocenters. The fourth-order valence-corrected chi connectivity index (χ4v) is 2.95. The summed E-state index contributed by atoms with van der Waals surface area (Å²) >= 11 is 0. The number of hydrogen-bond donors (Lipinski definition) is 0. The van der Waals surface area contributed by atoms with E-state index in [1.165, 1.54) is 11.8 Å². The molecule has 0 aromatic rings. The van der Waals surface area contributed by atoms with Gasteiger partial charge in [-0.1, -0.05) is 0 Å². The van der Waals surface area contributed by atoms with Crippen LogP contribution in [0, 0.1) is 17.3 Å². The Morgan fingerprint density at radius 3 is 2.43 bits per heavy atom. The summed E-state index contributed by atoms with van der Waals surface area (Å²) in [5.74, 6) is 2.48. The second-order valence-corrected chi connectivity index (χ2v) is 3.68. The molecule has 4 aliphatic carbocycles. The Kier molecular flexibility index (Phi) is 0.260. The Morgan fingerprint density at radius 2 is 2.29 bits per heavy atom. The predicted octanol–water partition coefficient (Wildman–Crippen LogP) is 1.81. The van der Waals surface area contributed by atoms with Crippen LogP contribution in [0.1, 0.15) is 25.7 Å². The first-order chi connectivity index (χ1) is 3.41. The van der Waals surface area contributed by atoms with Crippen LogP contribution in [0.5, 0.6) is 0 Å². The van der Waals surface area contributed by atoms with E-state index in [1.54, 1.807) is 25.7 Å². The molecule has 4 fully saturated rings. The second kappa shape index (κ2) is 0.586. The fourth-order valence-electron chi connectivity index (χ4n) is 2.95. The molecule has 4 aliphatic rings. The van der Waals surface area contributed by atoms with Crippen molar-refractivity contribution in [3.05, 3.63) is 0 Å². The Balaban J connectivity index is 2.16. The molecule has 0 saturated heterocycles. The van der Waals surface area contributed by atoms with Gasteiger partial charge in [0.25, 0.3) is 0 Å². The number of hydrogen-bond acceptors (Lipinski definition) is 0. The molecular formula is C7H10. The van der Waals surface area contributed by atoms with Crippen LogP contribution in [0.25, 0.3) is 0 Å². The van der Waals surface area contributed by atoms with Crippen molar-refractivity contribution in [2.24, 2.45) is 17.3 Å². The van der Waals surface area contributed by atoms with Gasteiger partial charge in [-0.25, -0.2) is 0 Å². The minimum Gasteiger partial charge on any atom is -0.0496 e. The molecule has 0 nitrogen and oxygen atoms in total. The fraction of sp³-hybridized carbons (Fsp3) is 1.00. The molecular weight excluding hydrogens is 84.1 g/mol. The van der Waals surface area contributed by atoms with Crippen LogP contribution in [0.15, 0.2) is 0 Å². The van der Waals surface area contributed by atoms with Gasteiger partial charge in [0.1, 0.15) is 0 Å². The highest BCUT2D eigenvalue weighted by Crippen LogP contribution is 2.79. The lowest BCUT2D eigenvalue weighted by molar-refractivity contribution is 0.288. The largest absolute Gasteiger partial charge is 0.0496 e. The van der Waals surface area contributed by atoms with Crippen molar-refractivity contribution in [3.8, 4) is 0 Å². The molecule has 3 atom stereocenters. The SMILES string of the molecule is C1CC23CC2[C@H]1C3. The van der Waals surface area contributed by atoms with Crippen molar-refractivity contribution in [1.82, 2.24) is 0 Å². The average Bonchev–Trinajstić information content (AvgIpc) is 2.04. The molecule has 4 saturated carbocycles. The van der Waals surface area contributed by atoms with E-state index >= 15 is 0 Å². The number of fused-ring (bicyclic) bond motifs is 1. The zero-order valence-electron chi connectivity index (χ0n) is 4.48. The molecule has 2 bridgehead atoms. The van der Waals surface area contributed by atoms with Crippen LogP contribution < -0.4 is 0 Å². The lowest BCUT2D eigenvalue weighted by Crippen LogP contribution is -2.13. The van der Waals surface area contributed by atoms with Crippen molar-refractivity contribution in [2.75, 3.05) is 0 Å². The second-order valence-electron chi connectivity index (χ2n) is 3.68. The molecule has 38 valence electrons. The average molecular weight is 94.2 g/mol. The van der Waals surface area contributed by atoms with Gasteiger partial charge in [-0.05, 0) is 42.9 Å². The van der Waals surface area contributed by atoms with E-state index in [-0.39, 0.29) is 0 Å². The van der Waals surface area contributed by atoms with Crippen LogP contribution in [0.2, 0.25) is 0 Å². The third-order valence-electron chi connectivity index (χ3n) is 3.50. The van der Waals surface area contributed by atoms with Crippen molar-refractivity contribution in [3.63, 3.8) is 0 Å². The molecule has 7 heavy (non-hydrogen) atoms. The highest BCUT2D eigenvalue weighted by atomic mass is 14.7. The van der Waals surface area contributed by atoms with Crippen molar-refractivity contribution < 1.29 is 0 Å². The third-order valence-corrected chi connectivity index (χ3v) is 3.50. The minimum absolute atomic E-state index is 1.00. The lowest BCUT2D eigenvalue weighted by Gasteiger charge is -2.20. The summed E-state index contributed by atoms with van der Waals surface area (Å²) in [5.41, 5.74) is 1.00. The van der Waals surface area contributed by atoms with E-state index in [0.717, 1.165) is 5.41 Å². The van der Waals surface area contributed by atoms with Crippen LogP contribution in [-0.4, -0.2) is 0 Å². The zero-order chi connectivity index (χ0) is 4.48. The topological polar surface area (TPSA) is 0 Å². The van der Waals surface area contributed by atoms with Crippen LogP contribution in [-0.2, 0) is 0 Å². The predicted molar refractivity (Wildman–Crippen MR) is 27.9 cm³/mol. The van der Waals surface area contributed by atoms with E-state index in [0.29, 0.717) is 0 Å². The Bertz CT molecular complexity index is 122. The molecule has 0 N–H and O–H groups in total. The van der Waals surface area contributed by atoms with E-state index in [1.807, 2.05) is 0 Å². The molecule has 0 amide bonds. The Labute approximate surface area is 43.9 Å². The third kappa shape index (κ3) is 0.167. The van der Waals surface area contributed by atoms with Gasteiger partial charge in [-0.15, -0.1) is 0 Å². The highest BCUT2D eigenvalue weighted by molar-refractivity contribution is 5.20. The first-order valence-corrected chi connectivity index (χ1v) is 3.41. The van der Waals surface area contributed by atoms with Crippen molar-refractivity contribution >= 4 is 0 Å². The van der Waals surface area contributed by atoms with Crippen molar-refractivity contribution in [1.29, 1.82) is 0 Å². The first-order valence-electron chi connectivity index (χ1n) is 3.41. The monoisotopic (exact) mass is 94.1 g/mol. The molecule has 0 heteroatoms. The van der Waals surface area contributed by atoms with E-state index in [9.17, 15) is 0 Å². The molecule has 0 aromatic carbocycles. The first kappa shape index (κ1) is 3.11. The lowest BCUT2D eigenvalue weighted by atomic mass is 9.85. The number of rotatable bonds is 0. The smallest absolute Gasteiger partial charge is 0.0261 e. The molecule has 0 aliphatic heterocycles. The minimum atomic E-state index is 1.00. The summed E-state index contributed by atoms with van der Waals surface area (Å²) in [4.78, 5) is 0. The van der Waals surface area contributed by atoms with Crippen LogP contribution >= 0.6 is 0 Å². The standard InChI is InChI=1S/C7H10/c1-2-7-3-5(1)6(7)4-7/h5-6H,1-4H2/t5-,6?,7?/m1/s1. The Morgan fingerprint density at radius 1 is 1.29 bits per heavy atom. The summed E-state index contributed by atoms with van der Waals surface area (Å²) in [5, 5.41) is 0. The van der Waals surface area contributed by atoms with E-state index in [2.05, 4.69) is 0 Å². The summed E-state index contributed by atoms with van der Waals surface area (Å²) in [7, 11) is 0. The van der Waals surface area contributed by atoms with Crippen molar-refractivity contribution in [2.45, 2.75) is 25.7 Å². The highest BCUT2D eigenvalue weighted by Gasteiger charge is 2.70. The Hall–Kier alpha value is 0.